The van der Waals surface area contributed by atoms with Crippen LogP contribution in [0.1, 0.15) is 35.3 Å². The van der Waals surface area contributed by atoms with Gasteiger partial charge in [0.1, 0.15) is 0 Å². The van der Waals surface area contributed by atoms with E-state index in [0.29, 0.717) is 28.7 Å². The Morgan fingerprint density at radius 3 is 3.00 bits per heavy atom. The molecular formula is C17H20N2O4. The average molecular weight is 316 g/mol. The summed E-state index contributed by atoms with van der Waals surface area (Å²) in [5, 5.41) is 0.425. The number of pyridine rings is 2. The summed E-state index contributed by atoms with van der Waals surface area (Å²) in [6, 6.07) is 3.37. The summed E-state index contributed by atoms with van der Waals surface area (Å²) in [4.78, 5) is 28.8. The number of nitrogens with zero attached hydrogens (tertiary/aromatic N) is 2. The molecule has 6 heteroatoms. The molecule has 0 N–H and O–H groups in total. The van der Waals surface area contributed by atoms with E-state index in [1.165, 1.54) is 7.11 Å². The number of rotatable bonds is 3. The average Bonchev–Trinajstić information content (AvgIpc) is 2.57. The zero-order valence-electron chi connectivity index (χ0n) is 13.4. The quantitative estimate of drug-likeness (QED) is 0.811. The molecule has 0 spiro atoms. The number of methoxy groups -OCH3 is 1. The Bertz CT molecular complexity index is 791. The Morgan fingerprint density at radius 2 is 2.30 bits per heavy atom. The fourth-order valence-corrected chi connectivity index (χ4v) is 2.94. The number of carbonyl (C=O) groups excluding carboxylic acids is 1. The van der Waals surface area contributed by atoms with E-state index >= 15 is 0 Å². The second kappa shape index (κ2) is 6.50. The first-order valence-electron chi connectivity index (χ1n) is 7.81. The van der Waals surface area contributed by atoms with E-state index in [4.69, 9.17) is 9.47 Å². The highest BCUT2D eigenvalue weighted by Gasteiger charge is 2.17. The molecule has 1 unspecified atom stereocenters. The van der Waals surface area contributed by atoms with Gasteiger partial charge in [0.25, 0.3) is 5.56 Å². The van der Waals surface area contributed by atoms with Crippen molar-refractivity contribution in [2.45, 2.75) is 38.8 Å². The monoisotopic (exact) mass is 316 g/mol. The lowest BCUT2D eigenvalue weighted by molar-refractivity contribution is 0.00550. The van der Waals surface area contributed by atoms with Gasteiger partial charge in [-0.25, -0.2) is 4.79 Å². The summed E-state index contributed by atoms with van der Waals surface area (Å²) in [7, 11) is 1.32. The lowest BCUT2D eigenvalue weighted by atomic mass is 10.1. The molecule has 6 nitrogen and oxygen atoms in total. The Hall–Kier alpha value is -2.21. The topological polar surface area (TPSA) is 70.4 Å². The van der Waals surface area contributed by atoms with E-state index in [-0.39, 0.29) is 11.7 Å². The summed E-state index contributed by atoms with van der Waals surface area (Å²) < 4.78 is 12.1. The molecule has 23 heavy (non-hydrogen) atoms. The third-order valence-electron chi connectivity index (χ3n) is 4.23. The van der Waals surface area contributed by atoms with E-state index in [1.807, 2.05) is 0 Å². The number of hydrogen-bond acceptors (Lipinski definition) is 5. The minimum atomic E-state index is -0.484. The van der Waals surface area contributed by atoms with Crippen LogP contribution in [0.2, 0.25) is 0 Å². The largest absolute Gasteiger partial charge is 0.465 e. The molecule has 1 fully saturated rings. The van der Waals surface area contributed by atoms with Gasteiger partial charge in [-0.1, -0.05) is 0 Å². The molecule has 3 rings (SSSR count). The molecule has 2 aromatic heterocycles. The predicted octanol–water partition coefficient (Wildman–Crippen LogP) is 2.06. The van der Waals surface area contributed by atoms with Gasteiger partial charge in [0.2, 0.25) is 0 Å². The Balaban J connectivity index is 2.01. The van der Waals surface area contributed by atoms with Crippen LogP contribution in [0, 0.1) is 6.92 Å². The highest BCUT2D eigenvalue weighted by atomic mass is 16.5. The molecule has 1 aliphatic heterocycles. The second-order valence-corrected chi connectivity index (χ2v) is 5.81. The first-order valence-corrected chi connectivity index (χ1v) is 7.81. The van der Waals surface area contributed by atoms with Crippen LogP contribution in [0.15, 0.2) is 23.1 Å². The van der Waals surface area contributed by atoms with Gasteiger partial charge in [-0.2, -0.15) is 0 Å². The number of fused-ring (bicyclic) bond motifs is 1. The molecule has 0 bridgehead atoms. The highest BCUT2D eigenvalue weighted by molar-refractivity contribution is 5.94. The highest BCUT2D eigenvalue weighted by Crippen LogP contribution is 2.16. The van der Waals surface area contributed by atoms with Gasteiger partial charge in [0.15, 0.2) is 0 Å². The van der Waals surface area contributed by atoms with Crippen LogP contribution in [0.25, 0.3) is 10.9 Å². The molecule has 0 radical (unpaired) electrons. The van der Waals surface area contributed by atoms with Crippen LogP contribution in [-0.2, 0) is 16.0 Å². The number of aryl methyl sites for hydroxylation is 1. The molecule has 0 saturated carbocycles. The summed E-state index contributed by atoms with van der Waals surface area (Å²) in [5.74, 6) is -0.484. The van der Waals surface area contributed by atoms with E-state index < -0.39 is 5.97 Å². The maximum atomic E-state index is 12.7. The van der Waals surface area contributed by atoms with Crippen molar-refractivity contribution < 1.29 is 14.3 Å². The van der Waals surface area contributed by atoms with Crippen LogP contribution < -0.4 is 5.56 Å². The van der Waals surface area contributed by atoms with Crippen molar-refractivity contribution in [1.82, 2.24) is 9.55 Å². The van der Waals surface area contributed by atoms with Gasteiger partial charge in [-0.05, 0) is 38.3 Å². The number of hydrogen-bond donors (Lipinski definition) is 0. The predicted molar refractivity (Wildman–Crippen MR) is 85.7 cm³/mol. The van der Waals surface area contributed by atoms with Crippen molar-refractivity contribution in [3.8, 4) is 0 Å². The minimum Gasteiger partial charge on any atom is -0.465 e. The smallest absolute Gasteiger partial charge is 0.339 e. The molecule has 1 atom stereocenters. The third kappa shape index (κ3) is 3.12. The molecule has 1 aliphatic rings. The number of carbonyl (C=O) groups is 1. The van der Waals surface area contributed by atoms with Gasteiger partial charge in [-0.15, -0.1) is 0 Å². The van der Waals surface area contributed by atoms with Crippen LogP contribution in [0.4, 0.5) is 0 Å². The van der Waals surface area contributed by atoms with Crippen LogP contribution in [-0.4, -0.2) is 35.3 Å². The van der Waals surface area contributed by atoms with Crippen LogP contribution in [0.5, 0.6) is 0 Å². The van der Waals surface area contributed by atoms with Crippen molar-refractivity contribution >= 4 is 16.9 Å². The van der Waals surface area contributed by atoms with Crippen molar-refractivity contribution in [3.63, 3.8) is 0 Å². The lowest BCUT2D eigenvalue weighted by Gasteiger charge is -2.23. The summed E-state index contributed by atoms with van der Waals surface area (Å²) in [5.41, 5.74) is 1.30. The van der Waals surface area contributed by atoms with Crippen molar-refractivity contribution in [2.75, 3.05) is 13.7 Å². The lowest BCUT2D eigenvalue weighted by Crippen LogP contribution is -2.30. The van der Waals surface area contributed by atoms with E-state index in [0.717, 1.165) is 25.9 Å². The summed E-state index contributed by atoms with van der Waals surface area (Å²) >= 11 is 0. The van der Waals surface area contributed by atoms with Crippen molar-refractivity contribution in [1.29, 1.82) is 0 Å². The van der Waals surface area contributed by atoms with E-state index in [1.54, 1.807) is 29.8 Å². The van der Waals surface area contributed by atoms with Crippen molar-refractivity contribution in [2.24, 2.45) is 0 Å². The summed E-state index contributed by atoms with van der Waals surface area (Å²) in [6.07, 6.45) is 4.98. The van der Waals surface area contributed by atoms with Crippen LogP contribution in [0.3, 0.4) is 0 Å². The first-order chi connectivity index (χ1) is 11.1. The molecule has 3 heterocycles. The number of esters is 1. The third-order valence-corrected chi connectivity index (χ3v) is 4.23. The Morgan fingerprint density at radius 1 is 1.48 bits per heavy atom. The molecule has 0 aliphatic carbocycles. The molecule has 2 aromatic rings. The van der Waals surface area contributed by atoms with Crippen LogP contribution >= 0.6 is 0 Å². The fourth-order valence-electron chi connectivity index (χ4n) is 2.94. The zero-order valence-corrected chi connectivity index (χ0v) is 13.4. The van der Waals surface area contributed by atoms with E-state index in [2.05, 4.69) is 4.98 Å². The number of aromatic nitrogens is 2. The maximum absolute atomic E-state index is 12.7. The van der Waals surface area contributed by atoms with Gasteiger partial charge < -0.3 is 14.0 Å². The molecule has 0 amide bonds. The number of ether oxygens (including phenoxy) is 2. The van der Waals surface area contributed by atoms with E-state index in [9.17, 15) is 9.59 Å². The van der Waals surface area contributed by atoms with Gasteiger partial charge in [-0.3, -0.25) is 9.78 Å². The zero-order chi connectivity index (χ0) is 16.4. The Kier molecular flexibility index (Phi) is 4.43. The molecular weight excluding hydrogens is 296 g/mol. The SMILES string of the molecule is COC(=O)c1cc2c(=O)n(CC3CCCCO3)ccc2nc1C. The van der Waals surface area contributed by atoms with Crippen molar-refractivity contribution in [3.05, 3.63) is 39.9 Å². The normalized spacial score (nSPS) is 18.1. The molecule has 0 aromatic carbocycles. The van der Waals surface area contributed by atoms with Gasteiger partial charge in [0.05, 0.1) is 41.9 Å². The standard InChI is InChI=1S/C17H20N2O4/c1-11-13(17(21)22-2)9-14-15(18-11)6-7-19(16(14)20)10-12-5-3-4-8-23-12/h6-7,9,12H,3-5,8,10H2,1-2H3. The first kappa shape index (κ1) is 15.7. The molecule has 122 valence electrons. The maximum Gasteiger partial charge on any atom is 0.339 e. The molecule has 1 saturated heterocycles. The second-order valence-electron chi connectivity index (χ2n) is 5.81. The summed E-state index contributed by atoms with van der Waals surface area (Å²) in [6.45, 7) is 3.00. The Labute approximate surface area is 134 Å². The fraction of sp³-hybridized carbons (Fsp3) is 0.471. The minimum absolute atomic E-state index is 0.0670. The van der Waals surface area contributed by atoms with Gasteiger partial charge >= 0.3 is 5.97 Å². The van der Waals surface area contributed by atoms with Gasteiger partial charge in [0, 0.05) is 12.8 Å².